The predicted molar refractivity (Wildman–Crippen MR) is 99.5 cm³/mol. The highest BCUT2D eigenvalue weighted by Crippen LogP contribution is 2.26. The van der Waals surface area contributed by atoms with Crippen LogP contribution in [0.25, 0.3) is 0 Å². The number of hydrogen-bond acceptors (Lipinski definition) is 3. The number of piperidine rings is 1. The van der Waals surface area contributed by atoms with E-state index in [1.54, 1.807) is 0 Å². The van der Waals surface area contributed by atoms with E-state index in [4.69, 9.17) is 0 Å². The van der Waals surface area contributed by atoms with Crippen molar-refractivity contribution in [3.05, 3.63) is 28.8 Å². The summed E-state index contributed by atoms with van der Waals surface area (Å²) in [5, 5.41) is 6.76. The zero-order valence-corrected chi connectivity index (χ0v) is 15.3. The Hall–Kier alpha value is -1.39. The lowest BCUT2D eigenvalue weighted by Gasteiger charge is -2.34. The minimum absolute atomic E-state index is 0.113. The first kappa shape index (κ1) is 17.4. The molecule has 132 valence electrons. The van der Waals surface area contributed by atoms with Crippen LogP contribution in [0.5, 0.6) is 0 Å². The third-order valence-corrected chi connectivity index (χ3v) is 5.61. The summed E-state index contributed by atoms with van der Waals surface area (Å²) < 4.78 is 0. The molecule has 2 N–H and O–H groups in total. The van der Waals surface area contributed by atoms with Crippen molar-refractivity contribution in [2.24, 2.45) is 5.92 Å². The first-order valence-electron chi connectivity index (χ1n) is 9.36. The molecule has 0 spiro atoms. The highest BCUT2D eigenvalue weighted by atomic mass is 16.2. The molecule has 0 aliphatic carbocycles. The van der Waals surface area contributed by atoms with Crippen molar-refractivity contribution in [1.29, 1.82) is 0 Å². The number of amides is 1. The maximum atomic E-state index is 12.4. The lowest BCUT2D eigenvalue weighted by molar-refractivity contribution is -0.117. The summed E-state index contributed by atoms with van der Waals surface area (Å²) in [6, 6.07) is 4.98. The maximum absolute atomic E-state index is 12.4. The molecular weight excluding hydrogens is 298 g/mol. The van der Waals surface area contributed by atoms with Gasteiger partial charge in [0.25, 0.3) is 0 Å². The van der Waals surface area contributed by atoms with Crippen molar-refractivity contribution in [2.45, 2.75) is 52.5 Å². The Kier molecular flexibility index (Phi) is 5.57. The Bertz CT molecular complexity index is 562. The second kappa shape index (κ2) is 7.66. The minimum Gasteiger partial charge on any atom is -0.324 e. The summed E-state index contributed by atoms with van der Waals surface area (Å²) >= 11 is 0. The van der Waals surface area contributed by atoms with E-state index in [0.717, 1.165) is 41.9 Å². The van der Waals surface area contributed by atoms with Gasteiger partial charge in [-0.25, -0.2) is 0 Å². The molecule has 1 atom stereocenters. The number of anilines is 1. The van der Waals surface area contributed by atoms with Crippen LogP contribution in [-0.2, 0) is 4.79 Å². The first-order chi connectivity index (χ1) is 11.5. The number of carbonyl (C=O) groups is 1. The molecule has 2 heterocycles. The van der Waals surface area contributed by atoms with Gasteiger partial charge in [0.15, 0.2) is 0 Å². The van der Waals surface area contributed by atoms with Crippen LogP contribution >= 0.6 is 0 Å². The zero-order valence-electron chi connectivity index (χ0n) is 15.3. The molecule has 2 aliphatic heterocycles. The number of nitrogens with one attached hydrogen (secondary N) is 2. The van der Waals surface area contributed by atoms with Crippen molar-refractivity contribution in [3.63, 3.8) is 0 Å². The smallest absolute Gasteiger partial charge is 0.238 e. The van der Waals surface area contributed by atoms with E-state index in [1.165, 1.54) is 37.8 Å². The van der Waals surface area contributed by atoms with Crippen LogP contribution in [0.15, 0.2) is 12.1 Å². The Morgan fingerprint density at radius 1 is 1.17 bits per heavy atom. The number of carbonyl (C=O) groups excluding carboxylic acids is 1. The van der Waals surface area contributed by atoms with Gasteiger partial charge in [-0.05, 0) is 83.1 Å². The summed E-state index contributed by atoms with van der Waals surface area (Å²) in [6.07, 6.45) is 5.08. The third-order valence-electron chi connectivity index (χ3n) is 5.61. The number of likely N-dealkylation sites (tertiary alicyclic amines) is 1. The first-order valence-corrected chi connectivity index (χ1v) is 9.36. The second-order valence-corrected chi connectivity index (χ2v) is 7.64. The van der Waals surface area contributed by atoms with Crippen LogP contribution in [0.2, 0.25) is 0 Å². The number of nitrogens with zero attached hydrogens (tertiary/aromatic N) is 1. The van der Waals surface area contributed by atoms with Gasteiger partial charge in [0.1, 0.15) is 0 Å². The van der Waals surface area contributed by atoms with E-state index >= 15 is 0 Å². The highest BCUT2D eigenvalue weighted by molar-refractivity contribution is 5.93. The Labute approximate surface area is 146 Å². The molecule has 24 heavy (non-hydrogen) atoms. The normalized spacial score (nSPS) is 22.7. The molecule has 2 aliphatic rings. The zero-order chi connectivity index (χ0) is 17.1. The van der Waals surface area contributed by atoms with Crippen LogP contribution in [0.1, 0.15) is 42.4 Å². The molecule has 0 bridgehead atoms. The average Bonchev–Trinajstić information content (AvgIpc) is 3.06. The number of aryl methyl sites for hydroxylation is 3. The van der Waals surface area contributed by atoms with Crippen molar-refractivity contribution >= 4 is 11.6 Å². The van der Waals surface area contributed by atoms with E-state index in [1.807, 2.05) is 0 Å². The van der Waals surface area contributed by atoms with Gasteiger partial charge in [0, 0.05) is 11.7 Å². The maximum Gasteiger partial charge on any atom is 0.238 e. The molecule has 1 aromatic rings. The minimum atomic E-state index is 0.113. The van der Waals surface area contributed by atoms with Gasteiger partial charge < -0.3 is 10.6 Å². The van der Waals surface area contributed by atoms with Gasteiger partial charge in [-0.2, -0.15) is 0 Å². The molecule has 3 rings (SSSR count). The predicted octanol–water partition coefficient (Wildman–Crippen LogP) is 3.01. The van der Waals surface area contributed by atoms with Gasteiger partial charge in [-0.15, -0.1) is 0 Å². The number of benzene rings is 1. The summed E-state index contributed by atoms with van der Waals surface area (Å²) in [6.45, 7) is 10.0. The highest BCUT2D eigenvalue weighted by Gasteiger charge is 2.28. The van der Waals surface area contributed by atoms with E-state index in [-0.39, 0.29) is 5.91 Å². The topological polar surface area (TPSA) is 44.4 Å². The number of hydrogen-bond donors (Lipinski definition) is 2. The third kappa shape index (κ3) is 4.17. The summed E-state index contributed by atoms with van der Waals surface area (Å²) in [7, 11) is 0. The average molecular weight is 329 g/mol. The lowest BCUT2D eigenvalue weighted by atomic mass is 9.88. The van der Waals surface area contributed by atoms with E-state index in [2.05, 4.69) is 48.4 Å². The number of rotatable bonds is 4. The standard InChI is InChI=1S/C20H31N3O/c1-14-11-15(2)20(16(3)12-14)22-19(24)13-23-9-6-17(7-10-23)18-5-4-8-21-18/h11-12,17-18,21H,4-10,13H2,1-3H3,(H,22,24). The molecule has 4 heteroatoms. The molecule has 1 unspecified atom stereocenters. The van der Waals surface area contributed by atoms with Crippen LogP contribution < -0.4 is 10.6 Å². The van der Waals surface area contributed by atoms with Crippen molar-refractivity contribution < 1.29 is 4.79 Å². The molecule has 0 radical (unpaired) electrons. The van der Waals surface area contributed by atoms with Gasteiger partial charge in [-0.1, -0.05) is 17.7 Å². The van der Waals surface area contributed by atoms with E-state index < -0.39 is 0 Å². The fourth-order valence-corrected chi connectivity index (χ4v) is 4.39. The molecule has 0 aromatic heterocycles. The largest absolute Gasteiger partial charge is 0.324 e. The Morgan fingerprint density at radius 3 is 2.42 bits per heavy atom. The second-order valence-electron chi connectivity index (χ2n) is 7.64. The van der Waals surface area contributed by atoms with Crippen LogP contribution in [0, 0.1) is 26.7 Å². The quantitative estimate of drug-likeness (QED) is 0.892. The fourth-order valence-electron chi connectivity index (χ4n) is 4.39. The molecule has 1 aromatic carbocycles. The van der Waals surface area contributed by atoms with Gasteiger partial charge in [0.05, 0.1) is 6.54 Å². The SMILES string of the molecule is Cc1cc(C)c(NC(=O)CN2CCC(C3CCCN3)CC2)c(C)c1. The van der Waals surface area contributed by atoms with Gasteiger partial charge in [0.2, 0.25) is 5.91 Å². The van der Waals surface area contributed by atoms with Crippen LogP contribution in [0.4, 0.5) is 5.69 Å². The fraction of sp³-hybridized carbons (Fsp3) is 0.650. The molecule has 0 saturated carbocycles. The summed E-state index contributed by atoms with van der Waals surface area (Å²) in [5.41, 5.74) is 4.51. The lowest BCUT2D eigenvalue weighted by Crippen LogP contribution is -2.43. The van der Waals surface area contributed by atoms with Gasteiger partial charge in [-0.3, -0.25) is 9.69 Å². The van der Waals surface area contributed by atoms with Crippen molar-refractivity contribution in [1.82, 2.24) is 10.2 Å². The van der Waals surface area contributed by atoms with Crippen molar-refractivity contribution in [3.8, 4) is 0 Å². The van der Waals surface area contributed by atoms with E-state index in [0.29, 0.717) is 6.54 Å². The molecule has 2 fully saturated rings. The van der Waals surface area contributed by atoms with Gasteiger partial charge >= 0.3 is 0 Å². The Morgan fingerprint density at radius 2 is 1.83 bits per heavy atom. The molecular formula is C20H31N3O. The van der Waals surface area contributed by atoms with Crippen LogP contribution in [-0.4, -0.2) is 43.0 Å². The van der Waals surface area contributed by atoms with Crippen LogP contribution in [0.3, 0.4) is 0 Å². The van der Waals surface area contributed by atoms with Crippen molar-refractivity contribution in [2.75, 3.05) is 31.5 Å². The Balaban J connectivity index is 1.49. The summed E-state index contributed by atoms with van der Waals surface area (Å²) in [4.78, 5) is 14.7. The molecule has 2 saturated heterocycles. The summed E-state index contributed by atoms with van der Waals surface area (Å²) in [5.74, 6) is 0.913. The molecule has 1 amide bonds. The van der Waals surface area contributed by atoms with E-state index in [9.17, 15) is 4.79 Å². The molecule has 4 nitrogen and oxygen atoms in total. The monoisotopic (exact) mass is 329 g/mol.